The molecule has 124 valence electrons. The summed E-state index contributed by atoms with van der Waals surface area (Å²) in [5.41, 5.74) is 5.49. The van der Waals surface area contributed by atoms with Crippen LogP contribution >= 0.6 is 0 Å². The SMILES string of the molecule is Cc1ccc2cc1-c1cnn3ccc(nc13)N(C)CCNCCN2. The highest BCUT2D eigenvalue weighted by molar-refractivity contribution is 5.81. The van der Waals surface area contributed by atoms with Gasteiger partial charge in [-0.05, 0) is 36.2 Å². The molecule has 0 saturated heterocycles. The standard InChI is InChI=1S/C18H22N6/c1-13-3-4-14-11-15(13)16-12-21-24-9-5-17(22-18(16)24)23(2)10-8-19-6-7-20-14/h3-5,9,11-12,19-20H,6-8,10H2,1-2H3. The van der Waals surface area contributed by atoms with Crippen molar-refractivity contribution in [1.82, 2.24) is 19.9 Å². The van der Waals surface area contributed by atoms with Crippen molar-refractivity contribution in [3.63, 3.8) is 0 Å². The number of benzene rings is 1. The molecule has 1 aliphatic heterocycles. The molecule has 0 fully saturated rings. The lowest BCUT2D eigenvalue weighted by Crippen LogP contribution is -2.32. The Bertz CT molecular complexity index is 869. The largest absolute Gasteiger partial charge is 0.384 e. The second-order valence-electron chi connectivity index (χ2n) is 6.24. The molecule has 1 aliphatic rings. The summed E-state index contributed by atoms with van der Waals surface area (Å²) < 4.78 is 1.84. The van der Waals surface area contributed by atoms with Crippen molar-refractivity contribution in [1.29, 1.82) is 0 Å². The molecule has 6 nitrogen and oxygen atoms in total. The van der Waals surface area contributed by atoms with Crippen LogP contribution in [0.15, 0.2) is 36.7 Å². The summed E-state index contributed by atoms with van der Waals surface area (Å²) in [6.07, 6.45) is 3.89. The average Bonchev–Trinajstić information content (AvgIpc) is 3.01. The predicted octanol–water partition coefficient (Wildman–Crippen LogP) is 2.16. The lowest BCUT2D eigenvalue weighted by Gasteiger charge is -2.19. The van der Waals surface area contributed by atoms with Crippen molar-refractivity contribution in [3.05, 3.63) is 42.2 Å². The number of hydrogen-bond donors (Lipinski definition) is 2. The van der Waals surface area contributed by atoms with Crippen LogP contribution in [0.5, 0.6) is 0 Å². The molecule has 1 aromatic carbocycles. The lowest BCUT2D eigenvalue weighted by molar-refractivity contribution is 0.688. The monoisotopic (exact) mass is 322 g/mol. The van der Waals surface area contributed by atoms with E-state index >= 15 is 0 Å². The van der Waals surface area contributed by atoms with E-state index in [9.17, 15) is 0 Å². The number of hydrogen-bond acceptors (Lipinski definition) is 5. The van der Waals surface area contributed by atoms with Gasteiger partial charge in [0.1, 0.15) is 5.82 Å². The van der Waals surface area contributed by atoms with Crippen molar-refractivity contribution in [2.24, 2.45) is 0 Å². The number of anilines is 2. The van der Waals surface area contributed by atoms with Gasteiger partial charge in [0, 0.05) is 50.7 Å². The highest BCUT2D eigenvalue weighted by atomic mass is 15.3. The van der Waals surface area contributed by atoms with E-state index in [1.807, 2.05) is 23.0 Å². The average molecular weight is 322 g/mol. The van der Waals surface area contributed by atoms with Gasteiger partial charge in [0.15, 0.2) is 5.65 Å². The van der Waals surface area contributed by atoms with Gasteiger partial charge in [-0.25, -0.2) is 9.50 Å². The van der Waals surface area contributed by atoms with Crippen molar-refractivity contribution < 1.29 is 0 Å². The predicted molar refractivity (Wildman–Crippen MR) is 97.8 cm³/mol. The minimum Gasteiger partial charge on any atom is -0.384 e. The van der Waals surface area contributed by atoms with E-state index in [1.165, 1.54) is 11.1 Å². The zero-order valence-corrected chi connectivity index (χ0v) is 14.1. The van der Waals surface area contributed by atoms with Crippen LogP contribution in [0.1, 0.15) is 5.56 Å². The van der Waals surface area contributed by atoms with Gasteiger partial charge in [-0.1, -0.05) is 6.07 Å². The molecule has 4 rings (SSSR count). The molecule has 0 atom stereocenters. The minimum atomic E-state index is 0.893. The number of nitrogens with one attached hydrogen (secondary N) is 2. The zero-order chi connectivity index (χ0) is 16.5. The summed E-state index contributed by atoms with van der Waals surface area (Å²) in [5, 5.41) is 11.4. The summed E-state index contributed by atoms with van der Waals surface area (Å²) in [4.78, 5) is 7.03. The first kappa shape index (κ1) is 15.0. The fraction of sp³-hybridized carbons (Fsp3) is 0.333. The maximum absolute atomic E-state index is 4.86. The van der Waals surface area contributed by atoms with Crippen molar-refractivity contribution >= 4 is 17.2 Å². The smallest absolute Gasteiger partial charge is 0.165 e. The van der Waals surface area contributed by atoms with Gasteiger partial charge in [-0.2, -0.15) is 5.10 Å². The van der Waals surface area contributed by atoms with Crippen LogP contribution < -0.4 is 15.5 Å². The number of aryl methyl sites for hydroxylation is 1. The molecule has 2 N–H and O–H groups in total. The normalized spacial score (nSPS) is 15.3. The number of fused-ring (bicyclic) bond motifs is 4. The third-order valence-corrected chi connectivity index (χ3v) is 4.53. The van der Waals surface area contributed by atoms with E-state index in [2.05, 4.69) is 52.8 Å². The molecule has 4 bridgehead atoms. The van der Waals surface area contributed by atoms with Gasteiger partial charge >= 0.3 is 0 Å². The van der Waals surface area contributed by atoms with Crippen molar-refractivity contribution in [3.8, 4) is 11.1 Å². The zero-order valence-electron chi connectivity index (χ0n) is 14.1. The number of rotatable bonds is 0. The number of aromatic nitrogens is 3. The summed E-state index contributed by atoms with van der Waals surface area (Å²) in [6, 6.07) is 8.48. The molecule has 3 aromatic rings. The molecule has 3 heterocycles. The van der Waals surface area contributed by atoms with E-state index in [0.717, 1.165) is 48.9 Å². The maximum Gasteiger partial charge on any atom is 0.165 e. The molecular formula is C18H22N6. The first-order chi connectivity index (χ1) is 11.7. The Labute approximate surface area is 141 Å². The van der Waals surface area contributed by atoms with Crippen LogP contribution in [-0.2, 0) is 0 Å². The Hall–Kier alpha value is -2.60. The summed E-state index contributed by atoms with van der Waals surface area (Å²) in [6.45, 7) is 5.80. The summed E-state index contributed by atoms with van der Waals surface area (Å²) in [5.74, 6) is 0.968. The minimum absolute atomic E-state index is 0.893. The van der Waals surface area contributed by atoms with Crippen LogP contribution in [0.25, 0.3) is 16.8 Å². The van der Waals surface area contributed by atoms with Gasteiger partial charge in [-0.15, -0.1) is 0 Å². The first-order valence-electron chi connectivity index (χ1n) is 8.33. The van der Waals surface area contributed by atoms with Crippen molar-refractivity contribution in [2.75, 3.05) is 43.4 Å². The second kappa shape index (κ2) is 6.13. The molecule has 0 aliphatic carbocycles. The Kier molecular flexibility index (Phi) is 3.82. The van der Waals surface area contributed by atoms with E-state index < -0.39 is 0 Å². The Morgan fingerprint density at radius 2 is 2.00 bits per heavy atom. The third-order valence-electron chi connectivity index (χ3n) is 4.53. The molecule has 0 amide bonds. The summed E-state index contributed by atoms with van der Waals surface area (Å²) >= 11 is 0. The van der Waals surface area contributed by atoms with E-state index in [4.69, 9.17) is 4.98 Å². The van der Waals surface area contributed by atoms with Gasteiger partial charge in [-0.3, -0.25) is 0 Å². The van der Waals surface area contributed by atoms with Crippen LogP contribution in [0.3, 0.4) is 0 Å². The van der Waals surface area contributed by atoms with Crippen LogP contribution in [0.4, 0.5) is 11.5 Å². The maximum atomic E-state index is 4.86. The fourth-order valence-corrected chi connectivity index (χ4v) is 3.07. The number of nitrogens with zero attached hydrogens (tertiary/aromatic N) is 4. The molecule has 0 spiro atoms. The third kappa shape index (κ3) is 2.69. The molecule has 6 heteroatoms. The molecule has 0 saturated carbocycles. The van der Waals surface area contributed by atoms with Crippen LogP contribution in [-0.4, -0.2) is 47.8 Å². The topological polar surface area (TPSA) is 57.5 Å². The highest BCUT2D eigenvalue weighted by Crippen LogP contribution is 2.30. The number of likely N-dealkylation sites (N-methyl/N-ethyl adjacent to an activating group) is 1. The van der Waals surface area contributed by atoms with Crippen molar-refractivity contribution in [2.45, 2.75) is 6.92 Å². The molecule has 2 aromatic heterocycles. The summed E-state index contributed by atoms with van der Waals surface area (Å²) in [7, 11) is 2.08. The molecule has 0 unspecified atom stereocenters. The molecule has 0 radical (unpaired) electrons. The quantitative estimate of drug-likeness (QED) is 0.664. The highest BCUT2D eigenvalue weighted by Gasteiger charge is 2.13. The van der Waals surface area contributed by atoms with Gasteiger partial charge in [0.25, 0.3) is 0 Å². The Balaban J connectivity index is 1.89. The Morgan fingerprint density at radius 1 is 1.08 bits per heavy atom. The van der Waals surface area contributed by atoms with Crippen LogP contribution in [0, 0.1) is 6.92 Å². The molecule has 24 heavy (non-hydrogen) atoms. The lowest BCUT2D eigenvalue weighted by atomic mass is 10.0. The molecular weight excluding hydrogens is 300 g/mol. The van der Waals surface area contributed by atoms with Crippen LogP contribution in [0.2, 0.25) is 0 Å². The second-order valence-corrected chi connectivity index (χ2v) is 6.24. The van der Waals surface area contributed by atoms with Gasteiger partial charge in [0.05, 0.1) is 6.20 Å². The van der Waals surface area contributed by atoms with E-state index in [-0.39, 0.29) is 0 Å². The van der Waals surface area contributed by atoms with Gasteiger partial charge in [0.2, 0.25) is 0 Å². The van der Waals surface area contributed by atoms with E-state index in [1.54, 1.807) is 0 Å². The van der Waals surface area contributed by atoms with E-state index in [0.29, 0.717) is 0 Å². The Morgan fingerprint density at radius 3 is 2.92 bits per heavy atom. The first-order valence-corrected chi connectivity index (χ1v) is 8.33. The van der Waals surface area contributed by atoms with Gasteiger partial charge < -0.3 is 15.5 Å². The fourth-order valence-electron chi connectivity index (χ4n) is 3.07.